The van der Waals surface area contributed by atoms with Gasteiger partial charge in [0, 0.05) is 18.1 Å². The lowest BCUT2D eigenvalue weighted by atomic mass is 10.2. The highest BCUT2D eigenvalue weighted by molar-refractivity contribution is 8.93. The van der Waals surface area contributed by atoms with Crippen LogP contribution in [0.1, 0.15) is 19.4 Å². The molecule has 0 saturated carbocycles. The van der Waals surface area contributed by atoms with Gasteiger partial charge in [0.2, 0.25) is 11.9 Å². The molecular weight excluding hydrogens is 384 g/mol. The molecule has 128 valence electrons. The minimum Gasteiger partial charge on any atom is -0.368 e. The van der Waals surface area contributed by atoms with Crippen molar-refractivity contribution in [2.75, 3.05) is 13.2 Å². The van der Waals surface area contributed by atoms with E-state index in [2.05, 4.69) is 15.3 Å². The van der Waals surface area contributed by atoms with Gasteiger partial charge in [-0.25, -0.2) is 4.99 Å². The Morgan fingerprint density at radius 3 is 2.52 bits per heavy atom. The zero-order chi connectivity index (χ0) is 16.2. The van der Waals surface area contributed by atoms with Gasteiger partial charge < -0.3 is 16.8 Å². The Morgan fingerprint density at radius 1 is 1.26 bits per heavy atom. The molecular formula is C14H22BrClN6O. The van der Waals surface area contributed by atoms with E-state index in [0.717, 1.165) is 17.1 Å². The summed E-state index contributed by atoms with van der Waals surface area (Å²) in [4.78, 5) is 13.7. The van der Waals surface area contributed by atoms with E-state index in [1.54, 1.807) is 0 Å². The summed E-state index contributed by atoms with van der Waals surface area (Å²) in [5, 5.41) is 5.47. The van der Waals surface area contributed by atoms with E-state index < -0.39 is 5.66 Å². The summed E-state index contributed by atoms with van der Waals surface area (Å²) in [7, 11) is 0. The maximum absolute atomic E-state index is 5.84. The van der Waals surface area contributed by atoms with Gasteiger partial charge >= 0.3 is 0 Å². The Kier molecular flexibility index (Phi) is 7.27. The molecule has 0 aromatic heterocycles. The number of nitrogens with one attached hydrogen (secondary N) is 1. The molecule has 1 aromatic carbocycles. The van der Waals surface area contributed by atoms with Crippen LogP contribution in [0.15, 0.2) is 34.3 Å². The smallest absolute Gasteiger partial charge is 0.226 e. The molecule has 1 aromatic rings. The van der Waals surface area contributed by atoms with Crippen molar-refractivity contribution in [1.29, 1.82) is 0 Å². The van der Waals surface area contributed by atoms with E-state index in [4.69, 9.17) is 27.9 Å². The Morgan fingerprint density at radius 2 is 1.91 bits per heavy atom. The predicted octanol–water partition coefficient (Wildman–Crippen LogP) is 1.62. The van der Waals surface area contributed by atoms with Crippen LogP contribution in [0.3, 0.4) is 0 Å². The van der Waals surface area contributed by atoms with Gasteiger partial charge in [0.1, 0.15) is 0 Å². The average molecular weight is 406 g/mol. The molecule has 9 heteroatoms. The second kappa shape index (κ2) is 8.49. The van der Waals surface area contributed by atoms with Gasteiger partial charge in [-0.15, -0.1) is 17.0 Å². The summed E-state index contributed by atoms with van der Waals surface area (Å²) in [5.74, 6) is 0.360. The monoisotopic (exact) mass is 404 g/mol. The lowest BCUT2D eigenvalue weighted by molar-refractivity contribution is -0.155. The van der Waals surface area contributed by atoms with Crippen molar-refractivity contribution in [3.8, 4) is 0 Å². The fraction of sp³-hybridized carbons (Fsp3) is 0.429. The van der Waals surface area contributed by atoms with Crippen molar-refractivity contribution in [2.45, 2.75) is 26.1 Å². The van der Waals surface area contributed by atoms with Crippen molar-refractivity contribution in [3.63, 3.8) is 0 Å². The second-order valence-electron chi connectivity index (χ2n) is 5.37. The number of halogens is 2. The Hall–Kier alpha value is -1.35. The number of hydroxylamine groups is 2. The Labute approximate surface area is 151 Å². The summed E-state index contributed by atoms with van der Waals surface area (Å²) < 4.78 is 0. The zero-order valence-corrected chi connectivity index (χ0v) is 15.6. The van der Waals surface area contributed by atoms with E-state index in [9.17, 15) is 0 Å². The van der Waals surface area contributed by atoms with Gasteiger partial charge in [-0.3, -0.25) is 4.84 Å². The highest BCUT2D eigenvalue weighted by Gasteiger charge is 2.32. The van der Waals surface area contributed by atoms with Crippen LogP contribution in [0.25, 0.3) is 0 Å². The topological polar surface area (TPSA) is 101 Å². The molecule has 0 fully saturated rings. The number of hydrogen-bond donors (Lipinski definition) is 3. The van der Waals surface area contributed by atoms with Gasteiger partial charge in [0.05, 0.1) is 6.61 Å². The first-order valence-corrected chi connectivity index (χ1v) is 7.34. The van der Waals surface area contributed by atoms with Crippen molar-refractivity contribution in [1.82, 2.24) is 10.4 Å². The van der Waals surface area contributed by atoms with E-state index in [1.165, 1.54) is 5.06 Å². The summed E-state index contributed by atoms with van der Waals surface area (Å²) in [6.45, 7) is 5.52. The van der Waals surface area contributed by atoms with Crippen LogP contribution < -0.4 is 16.8 Å². The summed E-state index contributed by atoms with van der Waals surface area (Å²) in [6.07, 6.45) is 0. The summed E-state index contributed by atoms with van der Waals surface area (Å²) in [5.41, 5.74) is 11.9. The molecule has 23 heavy (non-hydrogen) atoms. The van der Waals surface area contributed by atoms with Crippen LogP contribution in [0.2, 0.25) is 5.02 Å². The number of rotatable bonds is 6. The first-order valence-electron chi connectivity index (χ1n) is 6.96. The molecule has 1 aliphatic heterocycles. The van der Waals surface area contributed by atoms with Crippen molar-refractivity contribution >= 4 is 40.5 Å². The van der Waals surface area contributed by atoms with Gasteiger partial charge in [-0.1, -0.05) is 23.7 Å². The van der Waals surface area contributed by atoms with E-state index in [0.29, 0.717) is 13.2 Å². The molecule has 0 spiro atoms. The minimum atomic E-state index is -0.675. The molecule has 0 atom stereocenters. The van der Waals surface area contributed by atoms with E-state index in [-0.39, 0.29) is 28.9 Å². The SMILES string of the molecule is Br.CC1(C)N=C(N)N=C(N)N1OCCNCc1ccc(Cl)cc1. The fourth-order valence-electron chi connectivity index (χ4n) is 2.06. The lowest BCUT2D eigenvalue weighted by Crippen LogP contribution is -2.54. The third kappa shape index (κ3) is 5.65. The highest BCUT2D eigenvalue weighted by Crippen LogP contribution is 2.19. The molecule has 7 nitrogen and oxygen atoms in total. The van der Waals surface area contributed by atoms with Crippen molar-refractivity contribution < 1.29 is 4.84 Å². The first kappa shape index (κ1) is 19.7. The largest absolute Gasteiger partial charge is 0.368 e. The van der Waals surface area contributed by atoms with Crippen LogP contribution in [-0.2, 0) is 11.4 Å². The highest BCUT2D eigenvalue weighted by atomic mass is 79.9. The first-order chi connectivity index (χ1) is 10.4. The molecule has 0 unspecified atom stereocenters. The molecule has 0 aliphatic carbocycles. The molecule has 0 radical (unpaired) electrons. The maximum atomic E-state index is 5.84. The standard InChI is InChI=1S/C14H21ClN6O.BrH/c1-14(2)20-12(16)19-13(17)21(14)22-8-7-18-9-10-3-5-11(15)6-4-10;/h3-6,18H,7-9H2,1-2H3,(H4,16,17,19,20);1H. The third-order valence-electron chi connectivity index (χ3n) is 3.06. The number of aliphatic imine (C=N–C) groups is 2. The van der Waals surface area contributed by atoms with Crippen molar-refractivity contribution in [3.05, 3.63) is 34.9 Å². The molecule has 0 saturated heterocycles. The van der Waals surface area contributed by atoms with Crippen LogP contribution in [0, 0.1) is 0 Å². The number of guanidine groups is 2. The number of nitrogens with zero attached hydrogens (tertiary/aromatic N) is 3. The van der Waals surface area contributed by atoms with E-state index in [1.807, 2.05) is 38.1 Å². The van der Waals surface area contributed by atoms with Crippen LogP contribution in [0.5, 0.6) is 0 Å². The number of nitrogens with two attached hydrogens (primary N) is 2. The molecule has 1 heterocycles. The third-order valence-corrected chi connectivity index (χ3v) is 3.32. The second-order valence-corrected chi connectivity index (χ2v) is 5.80. The van der Waals surface area contributed by atoms with E-state index >= 15 is 0 Å². The number of benzene rings is 1. The van der Waals surface area contributed by atoms with Gasteiger partial charge in [-0.05, 0) is 31.5 Å². The van der Waals surface area contributed by atoms with Gasteiger partial charge in [-0.2, -0.15) is 10.1 Å². The predicted molar refractivity (Wildman–Crippen MR) is 98.6 cm³/mol. The van der Waals surface area contributed by atoms with Crippen molar-refractivity contribution in [2.24, 2.45) is 21.5 Å². The van der Waals surface area contributed by atoms with Crippen LogP contribution in [0.4, 0.5) is 0 Å². The van der Waals surface area contributed by atoms with Crippen LogP contribution >= 0.6 is 28.6 Å². The summed E-state index contributed by atoms with van der Waals surface area (Å²) >= 11 is 5.84. The lowest BCUT2D eigenvalue weighted by Gasteiger charge is -2.36. The maximum Gasteiger partial charge on any atom is 0.226 e. The molecule has 0 bridgehead atoms. The van der Waals surface area contributed by atoms with Gasteiger partial charge in [0.25, 0.3) is 0 Å². The molecule has 5 N–H and O–H groups in total. The zero-order valence-electron chi connectivity index (χ0n) is 13.1. The number of hydrogen-bond acceptors (Lipinski definition) is 7. The minimum absolute atomic E-state index is 0. The summed E-state index contributed by atoms with van der Waals surface area (Å²) in [6, 6.07) is 7.69. The quantitative estimate of drug-likeness (QED) is 0.624. The van der Waals surface area contributed by atoms with Gasteiger partial charge in [0.15, 0.2) is 5.66 Å². The Balaban J connectivity index is 0.00000264. The molecule has 2 rings (SSSR count). The molecule has 1 aliphatic rings. The normalized spacial score (nSPS) is 16.4. The Bertz CT molecular complexity index is 575. The van der Waals surface area contributed by atoms with Crippen LogP contribution in [-0.4, -0.2) is 35.8 Å². The fourth-order valence-corrected chi connectivity index (χ4v) is 2.19. The average Bonchev–Trinajstić information content (AvgIpc) is 2.42. The molecule has 0 amide bonds.